The van der Waals surface area contributed by atoms with Crippen molar-refractivity contribution < 1.29 is 18.0 Å². The van der Waals surface area contributed by atoms with Crippen LogP contribution in [-0.2, 0) is 26.0 Å². The Hall–Kier alpha value is -2.91. The third-order valence-corrected chi connectivity index (χ3v) is 9.12. The van der Waals surface area contributed by atoms with Crippen LogP contribution in [0.2, 0.25) is 0 Å². The fraction of sp³-hybridized carbons (Fsp3) is 0.462. The normalized spacial score (nSPS) is 19.5. The zero-order chi connectivity index (χ0) is 24.4. The van der Waals surface area contributed by atoms with Gasteiger partial charge in [-0.1, -0.05) is 18.2 Å². The lowest BCUT2D eigenvalue weighted by Gasteiger charge is -2.37. The molecule has 0 unspecified atom stereocenters. The number of amides is 2. The van der Waals surface area contributed by atoms with E-state index in [9.17, 15) is 18.0 Å². The molecule has 35 heavy (non-hydrogen) atoms. The van der Waals surface area contributed by atoms with Crippen molar-refractivity contribution in [2.24, 2.45) is 0 Å². The van der Waals surface area contributed by atoms with Crippen LogP contribution in [-0.4, -0.2) is 75.3 Å². The molecule has 3 aliphatic heterocycles. The molecule has 8 nitrogen and oxygen atoms in total. The van der Waals surface area contributed by atoms with Crippen LogP contribution in [0.3, 0.4) is 0 Å². The maximum Gasteiger partial charge on any atom is 0.243 e. The molecule has 2 fully saturated rings. The Balaban J connectivity index is 1.30. The van der Waals surface area contributed by atoms with Crippen LogP contribution >= 0.6 is 0 Å². The largest absolute Gasteiger partial charge is 0.368 e. The summed E-state index contributed by atoms with van der Waals surface area (Å²) in [6.07, 6.45) is 3.37. The number of para-hydroxylation sites is 1. The Morgan fingerprint density at radius 2 is 1.54 bits per heavy atom. The van der Waals surface area contributed by atoms with Crippen molar-refractivity contribution in [2.75, 3.05) is 55.6 Å². The summed E-state index contributed by atoms with van der Waals surface area (Å²) in [6, 6.07) is 15.2. The predicted octanol–water partition coefficient (Wildman–Crippen LogP) is 2.49. The minimum Gasteiger partial charge on any atom is -0.368 e. The summed E-state index contributed by atoms with van der Waals surface area (Å²) >= 11 is 0. The molecule has 0 spiro atoms. The second kappa shape index (κ2) is 9.99. The van der Waals surface area contributed by atoms with Crippen LogP contribution in [0.5, 0.6) is 0 Å². The zero-order valence-electron chi connectivity index (χ0n) is 19.9. The first-order chi connectivity index (χ1) is 16.9. The van der Waals surface area contributed by atoms with Gasteiger partial charge in [-0.05, 0) is 61.6 Å². The van der Waals surface area contributed by atoms with Crippen LogP contribution in [0, 0.1) is 0 Å². The van der Waals surface area contributed by atoms with Gasteiger partial charge in [-0.15, -0.1) is 0 Å². The number of hydrogen-bond donors (Lipinski definition) is 0. The summed E-state index contributed by atoms with van der Waals surface area (Å²) in [5.74, 6) is -0.164. The van der Waals surface area contributed by atoms with Gasteiger partial charge in [-0.25, -0.2) is 8.42 Å². The van der Waals surface area contributed by atoms with E-state index in [0.29, 0.717) is 51.1 Å². The van der Waals surface area contributed by atoms with E-state index < -0.39 is 10.0 Å². The first kappa shape index (κ1) is 23.8. The molecule has 0 radical (unpaired) electrons. The van der Waals surface area contributed by atoms with Gasteiger partial charge in [-0.3, -0.25) is 9.59 Å². The summed E-state index contributed by atoms with van der Waals surface area (Å²) in [7, 11) is -3.53. The van der Waals surface area contributed by atoms with Crippen molar-refractivity contribution in [1.82, 2.24) is 9.21 Å². The number of hydrogen-bond acceptors (Lipinski definition) is 5. The maximum atomic E-state index is 13.2. The van der Waals surface area contributed by atoms with Gasteiger partial charge >= 0.3 is 0 Å². The standard InChI is InChI=1S/C26H32N4O4S/c31-25-10-6-7-21-19-23(35(33,34)29-13-4-5-14-29)11-12-24(21)30(25)20-26(32)28-17-15-27(16-18-28)22-8-2-1-3-9-22/h1-3,8-9,11-12,19H,4-7,10,13-18,20H2. The van der Waals surface area contributed by atoms with E-state index >= 15 is 0 Å². The number of rotatable bonds is 5. The van der Waals surface area contributed by atoms with Crippen molar-refractivity contribution in [3.05, 3.63) is 54.1 Å². The Morgan fingerprint density at radius 3 is 2.26 bits per heavy atom. The van der Waals surface area contributed by atoms with Gasteiger partial charge in [0.2, 0.25) is 21.8 Å². The van der Waals surface area contributed by atoms with Crippen LogP contribution in [0.15, 0.2) is 53.4 Å². The van der Waals surface area contributed by atoms with Crippen LogP contribution in [0.25, 0.3) is 0 Å². The second-order valence-electron chi connectivity index (χ2n) is 9.44. The van der Waals surface area contributed by atoms with Crippen molar-refractivity contribution in [3.63, 3.8) is 0 Å². The number of piperazine rings is 1. The van der Waals surface area contributed by atoms with E-state index in [1.165, 1.54) is 4.31 Å². The van der Waals surface area contributed by atoms with Gasteiger partial charge < -0.3 is 14.7 Å². The van der Waals surface area contributed by atoms with Crippen LogP contribution in [0.1, 0.15) is 31.2 Å². The fourth-order valence-electron chi connectivity index (χ4n) is 5.22. The number of carbonyl (C=O) groups excluding carboxylic acids is 2. The number of carbonyl (C=O) groups is 2. The topological polar surface area (TPSA) is 81.2 Å². The highest BCUT2D eigenvalue weighted by Crippen LogP contribution is 2.31. The van der Waals surface area contributed by atoms with E-state index in [1.807, 2.05) is 23.1 Å². The number of fused-ring (bicyclic) bond motifs is 1. The van der Waals surface area contributed by atoms with Gasteiger partial charge in [-0.2, -0.15) is 4.31 Å². The first-order valence-electron chi connectivity index (χ1n) is 12.4. The number of nitrogens with zero attached hydrogens (tertiary/aromatic N) is 4. The Bertz CT molecular complexity index is 1190. The molecule has 2 aromatic carbocycles. The number of aryl methyl sites for hydroxylation is 1. The molecule has 5 rings (SSSR count). The lowest BCUT2D eigenvalue weighted by Crippen LogP contribution is -2.52. The Labute approximate surface area is 207 Å². The molecule has 2 aromatic rings. The first-order valence-corrected chi connectivity index (χ1v) is 13.9. The molecule has 0 aromatic heterocycles. The lowest BCUT2D eigenvalue weighted by atomic mass is 10.1. The van der Waals surface area contributed by atoms with Crippen LogP contribution in [0.4, 0.5) is 11.4 Å². The number of anilines is 2. The van der Waals surface area contributed by atoms with Crippen molar-refractivity contribution in [1.29, 1.82) is 0 Å². The van der Waals surface area contributed by atoms with Crippen molar-refractivity contribution in [3.8, 4) is 0 Å². The highest BCUT2D eigenvalue weighted by Gasteiger charge is 2.31. The molecule has 0 N–H and O–H groups in total. The monoisotopic (exact) mass is 496 g/mol. The molecule has 3 heterocycles. The molecule has 9 heteroatoms. The summed E-state index contributed by atoms with van der Waals surface area (Å²) in [5, 5.41) is 0. The van der Waals surface area contributed by atoms with Gasteiger partial charge in [0.1, 0.15) is 6.54 Å². The van der Waals surface area contributed by atoms with Gasteiger partial charge in [0.15, 0.2) is 0 Å². The quantitative estimate of drug-likeness (QED) is 0.635. The van der Waals surface area contributed by atoms with Crippen molar-refractivity contribution in [2.45, 2.75) is 37.0 Å². The van der Waals surface area contributed by atoms with Gasteiger partial charge in [0.25, 0.3) is 0 Å². The van der Waals surface area contributed by atoms with E-state index in [-0.39, 0.29) is 23.3 Å². The molecular formula is C26H32N4O4S. The highest BCUT2D eigenvalue weighted by atomic mass is 32.2. The lowest BCUT2D eigenvalue weighted by molar-refractivity contribution is -0.131. The summed E-state index contributed by atoms with van der Waals surface area (Å²) in [4.78, 5) is 32.0. The molecule has 0 aliphatic carbocycles. The van der Waals surface area contributed by atoms with E-state index in [0.717, 1.165) is 37.2 Å². The molecule has 2 amide bonds. The third-order valence-electron chi connectivity index (χ3n) is 7.23. The molecule has 186 valence electrons. The van der Waals surface area contributed by atoms with Gasteiger partial charge in [0, 0.05) is 57.1 Å². The molecule has 3 aliphatic rings. The molecule has 2 saturated heterocycles. The SMILES string of the molecule is O=C(CN1C(=O)CCCc2cc(S(=O)(=O)N3CCCC3)ccc21)N1CCN(c2ccccc2)CC1. The summed E-state index contributed by atoms with van der Waals surface area (Å²) < 4.78 is 27.6. The number of sulfonamides is 1. The minimum absolute atomic E-state index is 0.0185. The maximum absolute atomic E-state index is 13.2. The number of benzene rings is 2. The minimum atomic E-state index is -3.53. The molecule has 0 bridgehead atoms. The Kier molecular flexibility index (Phi) is 6.80. The summed E-state index contributed by atoms with van der Waals surface area (Å²) in [6.45, 7) is 3.79. The fourth-order valence-corrected chi connectivity index (χ4v) is 6.79. The second-order valence-corrected chi connectivity index (χ2v) is 11.4. The molecular weight excluding hydrogens is 464 g/mol. The van der Waals surface area contributed by atoms with E-state index in [4.69, 9.17) is 0 Å². The van der Waals surface area contributed by atoms with Crippen molar-refractivity contribution >= 4 is 33.2 Å². The average Bonchev–Trinajstić information content (AvgIpc) is 3.39. The van der Waals surface area contributed by atoms with Crippen LogP contribution < -0.4 is 9.80 Å². The molecule has 0 atom stereocenters. The zero-order valence-corrected chi connectivity index (χ0v) is 20.8. The Morgan fingerprint density at radius 1 is 0.829 bits per heavy atom. The average molecular weight is 497 g/mol. The molecule has 0 saturated carbocycles. The van der Waals surface area contributed by atoms with Gasteiger partial charge in [0.05, 0.1) is 4.90 Å². The van der Waals surface area contributed by atoms with E-state index in [1.54, 1.807) is 23.1 Å². The smallest absolute Gasteiger partial charge is 0.243 e. The highest BCUT2D eigenvalue weighted by molar-refractivity contribution is 7.89. The predicted molar refractivity (Wildman–Crippen MR) is 135 cm³/mol. The summed E-state index contributed by atoms with van der Waals surface area (Å²) in [5.41, 5.74) is 2.62. The van der Waals surface area contributed by atoms with E-state index in [2.05, 4.69) is 17.0 Å². The third kappa shape index (κ3) is 4.92.